The number of hydrogen-bond donors (Lipinski definition) is 3. The molecule has 0 aliphatic carbocycles. The minimum Gasteiger partial charge on any atom is -0.467 e. The van der Waals surface area contributed by atoms with Crippen molar-refractivity contribution in [3.63, 3.8) is 0 Å². The second-order valence-electron chi connectivity index (χ2n) is 5.13. The van der Waals surface area contributed by atoms with Crippen LogP contribution in [-0.2, 0) is 19.1 Å². The number of nitrogens with one attached hydrogen (secondary N) is 2. The largest absolute Gasteiger partial charge is 0.467 e. The molecule has 0 spiro atoms. The Morgan fingerprint density at radius 1 is 1.20 bits per heavy atom. The predicted molar refractivity (Wildman–Crippen MR) is 76.6 cm³/mol. The minimum absolute atomic E-state index is 0.0684. The number of carbonyl (C=O) groups is 3. The second kappa shape index (κ2) is 7.98. The van der Waals surface area contributed by atoms with Crippen molar-refractivity contribution in [2.24, 2.45) is 0 Å². The molecule has 0 saturated heterocycles. The molecule has 0 radical (unpaired) electrons. The van der Waals surface area contributed by atoms with E-state index in [2.05, 4.69) is 28.0 Å². The molecule has 2 amide bonds. The molecular formula is C12H22N2O5S. The molecule has 8 heteroatoms. The number of amides is 2. The number of carbonyl (C=O) groups excluding carboxylic acids is 3. The molecule has 2 N–H and O–H groups in total. The average Bonchev–Trinajstić information content (AvgIpc) is 2.32. The summed E-state index contributed by atoms with van der Waals surface area (Å²) in [6.07, 6.45) is -0.725. The van der Waals surface area contributed by atoms with Crippen LogP contribution in [0, 0.1) is 0 Å². The number of rotatable bonds is 5. The highest BCUT2D eigenvalue weighted by Gasteiger charge is 2.25. The molecule has 2 atom stereocenters. The van der Waals surface area contributed by atoms with Crippen molar-refractivity contribution < 1.29 is 23.9 Å². The average molecular weight is 306 g/mol. The fourth-order valence-corrected chi connectivity index (χ4v) is 1.45. The van der Waals surface area contributed by atoms with Gasteiger partial charge in [-0.2, -0.15) is 12.6 Å². The van der Waals surface area contributed by atoms with E-state index in [1.165, 1.54) is 14.0 Å². The molecule has 0 aliphatic rings. The van der Waals surface area contributed by atoms with Crippen LogP contribution in [0.25, 0.3) is 0 Å². The van der Waals surface area contributed by atoms with Gasteiger partial charge in [-0.3, -0.25) is 4.79 Å². The molecule has 0 bridgehead atoms. The number of hydrogen-bond acceptors (Lipinski definition) is 6. The molecule has 20 heavy (non-hydrogen) atoms. The molecule has 0 aromatic heterocycles. The Balaban J connectivity index is 4.49. The Morgan fingerprint density at radius 2 is 1.75 bits per heavy atom. The second-order valence-corrected chi connectivity index (χ2v) is 5.50. The fraction of sp³-hybridized carbons (Fsp3) is 0.750. The third-order valence-corrected chi connectivity index (χ3v) is 2.47. The maximum Gasteiger partial charge on any atom is 0.408 e. The molecule has 0 rings (SSSR count). The van der Waals surface area contributed by atoms with Crippen LogP contribution in [0.4, 0.5) is 4.79 Å². The molecular weight excluding hydrogens is 284 g/mol. The summed E-state index contributed by atoms with van der Waals surface area (Å²) in [6.45, 7) is 6.61. The van der Waals surface area contributed by atoms with E-state index >= 15 is 0 Å². The van der Waals surface area contributed by atoms with Crippen molar-refractivity contribution in [3.8, 4) is 0 Å². The highest BCUT2D eigenvalue weighted by atomic mass is 32.1. The maximum atomic E-state index is 11.9. The third kappa shape index (κ3) is 7.22. The van der Waals surface area contributed by atoms with Gasteiger partial charge in [0, 0.05) is 5.75 Å². The van der Waals surface area contributed by atoms with E-state index < -0.39 is 35.7 Å². The first-order valence-corrected chi connectivity index (χ1v) is 6.72. The zero-order valence-corrected chi connectivity index (χ0v) is 13.2. The van der Waals surface area contributed by atoms with E-state index in [0.717, 1.165) is 0 Å². The van der Waals surface area contributed by atoms with E-state index in [1.807, 2.05) is 0 Å². The molecule has 7 nitrogen and oxygen atoms in total. The lowest BCUT2D eigenvalue weighted by Gasteiger charge is -2.23. The lowest BCUT2D eigenvalue weighted by atomic mass is 10.2. The van der Waals surface area contributed by atoms with Gasteiger partial charge in [0.1, 0.15) is 17.7 Å². The SMILES string of the molecule is COC(=O)[C@H](C)NC(=O)[C@@H](CS)NC(=O)OC(C)(C)C. The predicted octanol–water partition coefficient (Wildman–Crippen LogP) is 0.487. The summed E-state index contributed by atoms with van der Waals surface area (Å²) in [7, 11) is 1.22. The summed E-state index contributed by atoms with van der Waals surface area (Å²) in [5.74, 6) is -1.05. The van der Waals surface area contributed by atoms with Crippen LogP contribution < -0.4 is 10.6 Å². The van der Waals surface area contributed by atoms with Crippen LogP contribution in [0.2, 0.25) is 0 Å². The quantitative estimate of drug-likeness (QED) is 0.507. The Kier molecular flexibility index (Phi) is 7.41. The standard InChI is InChI=1S/C12H22N2O5S/c1-7(10(16)18-5)13-9(15)8(6-20)14-11(17)19-12(2,3)4/h7-8,20H,6H2,1-5H3,(H,13,15)(H,14,17)/t7-,8+/m0/s1. The molecule has 0 unspecified atom stereocenters. The summed E-state index contributed by atoms with van der Waals surface area (Å²) in [4.78, 5) is 34.6. The summed E-state index contributed by atoms with van der Waals surface area (Å²) in [5.41, 5.74) is -0.666. The topological polar surface area (TPSA) is 93.7 Å². The van der Waals surface area contributed by atoms with Crippen molar-refractivity contribution in [1.82, 2.24) is 10.6 Å². The van der Waals surface area contributed by atoms with E-state index in [9.17, 15) is 14.4 Å². The zero-order valence-electron chi connectivity index (χ0n) is 12.4. The summed E-state index contributed by atoms with van der Waals surface area (Å²) in [6, 6.07) is -1.71. The smallest absolute Gasteiger partial charge is 0.408 e. The first-order valence-electron chi connectivity index (χ1n) is 6.09. The molecule has 0 aromatic rings. The van der Waals surface area contributed by atoms with Crippen molar-refractivity contribution in [2.45, 2.75) is 45.4 Å². The van der Waals surface area contributed by atoms with Gasteiger partial charge in [0.25, 0.3) is 0 Å². The zero-order chi connectivity index (χ0) is 15.9. The Labute approximate surface area is 124 Å². The summed E-state index contributed by atoms with van der Waals surface area (Å²) < 4.78 is 9.53. The Morgan fingerprint density at radius 3 is 2.15 bits per heavy atom. The van der Waals surface area contributed by atoms with Crippen LogP contribution in [0.5, 0.6) is 0 Å². The van der Waals surface area contributed by atoms with E-state index in [1.54, 1.807) is 20.8 Å². The van der Waals surface area contributed by atoms with Gasteiger partial charge in [-0.1, -0.05) is 0 Å². The maximum absolute atomic E-state index is 11.9. The minimum atomic E-state index is -0.903. The fourth-order valence-electron chi connectivity index (χ4n) is 1.19. The van der Waals surface area contributed by atoms with Crippen molar-refractivity contribution in [2.75, 3.05) is 12.9 Å². The number of thiol groups is 1. The Bertz CT molecular complexity index is 367. The highest BCUT2D eigenvalue weighted by Crippen LogP contribution is 2.07. The molecule has 0 heterocycles. The van der Waals surface area contributed by atoms with Crippen LogP contribution in [0.3, 0.4) is 0 Å². The first-order chi connectivity index (χ1) is 9.10. The Hall–Kier alpha value is -1.44. The van der Waals surface area contributed by atoms with Gasteiger partial charge >= 0.3 is 12.1 Å². The van der Waals surface area contributed by atoms with Gasteiger partial charge < -0.3 is 20.1 Å². The number of esters is 1. The van der Waals surface area contributed by atoms with Gasteiger partial charge in [0.05, 0.1) is 7.11 Å². The van der Waals surface area contributed by atoms with Gasteiger partial charge in [0.2, 0.25) is 5.91 Å². The van der Waals surface area contributed by atoms with Gasteiger partial charge in [-0.05, 0) is 27.7 Å². The van der Waals surface area contributed by atoms with E-state index in [-0.39, 0.29) is 5.75 Å². The molecule has 0 aromatic carbocycles. The normalized spacial score (nSPS) is 13.9. The van der Waals surface area contributed by atoms with Gasteiger partial charge in [0.15, 0.2) is 0 Å². The van der Waals surface area contributed by atoms with Crippen molar-refractivity contribution >= 4 is 30.6 Å². The van der Waals surface area contributed by atoms with Crippen molar-refractivity contribution in [3.05, 3.63) is 0 Å². The van der Waals surface area contributed by atoms with Crippen molar-refractivity contribution in [1.29, 1.82) is 0 Å². The molecule has 0 saturated carbocycles. The van der Waals surface area contributed by atoms with Gasteiger partial charge in [-0.15, -0.1) is 0 Å². The molecule has 0 aliphatic heterocycles. The monoisotopic (exact) mass is 306 g/mol. The van der Waals surface area contributed by atoms with Crippen LogP contribution in [0.15, 0.2) is 0 Å². The van der Waals surface area contributed by atoms with Crippen LogP contribution in [-0.4, -0.2) is 48.5 Å². The number of methoxy groups -OCH3 is 1. The highest BCUT2D eigenvalue weighted by molar-refractivity contribution is 7.80. The molecule has 116 valence electrons. The number of ether oxygens (including phenoxy) is 2. The lowest BCUT2D eigenvalue weighted by Crippen LogP contribution is -2.52. The number of alkyl carbamates (subject to hydrolysis) is 1. The van der Waals surface area contributed by atoms with E-state index in [4.69, 9.17) is 4.74 Å². The van der Waals surface area contributed by atoms with Crippen LogP contribution >= 0.6 is 12.6 Å². The summed E-state index contributed by atoms with van der Waals surface area (Å²) in [5, 5.41) is 4.80. The lowest BCUT2D eigenvalue weighted by molar-refractivity contribution is -0.144. The molecule has 0 fully saturated rings. The third-order valence-electron chi connectivity index (χ3n) is 2.10. The van der Waals surface area contributed by atoms with Gasteiger partial charge in [-0.25, -0.2) is 9.59 Å². The summed E-state index contributed by atoms with van der Waals surface area (Å²) >= 11 is 3.99. The first kappa shape index (κ1) is 18.6. The van der Waals surface area contributed by atoms with Crippen LogP contribution in [0.1, 0.15) is 27.7 Å². The van der Waals surface area contributed by atoms with E-state index in [0.29, 0.717) is 0 Å².